The normalized spacial score (nSPS) is 22.9. The zero-order valence-electron chi connectivity index (χ0n) is 11.5. The van der Waals surface area contributed by atoms with Gasteiger partial charge in [0.25, 0.3) is 0 Å². The molecule has 1 aliphatic heterocycles. The van der Waals surface area contributed by atoms with E-state index in [0.717, 1.165) is 5.92 Å². The highest BCUT2D eigenvalue weighted by molar-refractivity contribution is 4.72. The summed E-state index contributed by atoms with van der Waals surface area (Å²) in [6.07, 6.45) is 7.17. The summed E-state index contributed by atoms with van der Waals surface area (Å²) in [6.45, 7) is 8.80. The number of hydrogen-bond donors (Lipinski definition) is 1. The molecule has 3 heteroatoms. The van der Waals surface area contributed by atoms with Crippen LogP contribution in [0, 0.1) is 5.92 Å². The molecule has 2 fully saturated rings. The molecule has 0 unspecified atom stereocenters. The second-order valence-corrected chi connectivity index (χ2v) is 5.86. The molecule has 0 radical (unpaired) electrons. The zero-order chi connectivity index (χ0) is 11.9. The highest BCUT2D eigenvalue weighted by Crippen LogP contribution is 2.26. The van der Waals surface area contributed by atoms with Crippen LogP contribution in [0.3, 0.4) is 0 Å². The number of piperazine rings is 1. The van der Waals surface area contributed by atoms with Crippen LogP contribution < -0.4 is 5.32 Å². The Morgan fingerprint density at radius 1 is 1.18 bits per heavy atom. The second-order valence-electron chi connectivity index (χ2n) is 5.86. The molecule has 2 rings (SSSR count). The summed E-state index contributed by atoms with van der Waals surface area (Å²) in [5.74, 6) is 1.02. The first-order chi connectivity index (χ1) is 8.34. The maximum atomic E-state index is 3.41. The van der Waals surface area contributed by atoms with E-state index < -0.39 is 0 Å². The van der Waals surface area contributed by atoms with Crippen LogP contribution in [-0.2, 0) is 0 Å². The largest absolute Gasteiger partial charge is 0.314 e. The Morgan fingerprint density at radius 3 is 2.59 bits per heavy atom. The average molecular weight is 239 g/mol. The number of unbranched alkanes of at least 4 members (excludes halogenated alkanes) is 1. The van der Waals surface area contributed by atoms with Crippen LogP contribution in [0.1, 0.15) is 32.1 Å². The Balaban J connectivity index is 1.44. The summed E-state index contributed by atoms with van der Waals surface area (Å²) in [5, 5.41) is 3.41. The lowest BCUT2D eigenvalue weighted by molar-refractivity contribution is 0.195. The van der Waals surface area contributed by atoms with Crippen molar-refractivity contribution in [2.24, 2.45) is 5.92 Å². The summed E-state index contributed by atoms with van der Waals surface area (Å²) in [4.78, 5) is 5.14. The van der Waals surface area contributed by atoms with Gasteiger partial charge in [0.15, 0.2) is 0 Å². The van der Waals surface area contributed by atoms with Gasteiger partial charge in [0.05, 0.1) is 0 Å². The van der Waals surface area contributed by atoms with Crippen molar-refractivity contribution in [1.29, 1.82) is 0 Å². The molecule has 0 spiro atoms. The van der Waals surface area contributed by atoms with E-state index in [-0.39, 0.29) is 0 Å². The first-order valence-corrected chi connectivity index (χ1v) is 7.46. The predicted octanol–water partition coefficient (Wildman–Crippen LogP) is 1.40. The zero-order valence-corrected chi connectivity index (χ0v) is 11.5. The fourth-order valence-electron chi connectivity index (χ4n) is 2.86. The van der Waals surface area contributed by atoms with Gasteiger partial charge in [-0.05, 0) is 51.7 Å². The second kappa shape index (κ2) is 7.34. The van der Waals surface area contributed by atoms with Gasteiger partial charge < -0.3 is 15.1 Å². The summed E-state index contributed by atoms with van der Waals surface area (Å²) in [5.41, 5.74) is 0. The van der Waals surface area contributed by atoms with Crippen LogP contribution in [0.4, 0.5) is 0 Å². The highest BCUT2D eigenvalue weighted by Gasteiger charge is 2.18. The minimum Gasteiger partial charge on any atom is -0.314 e. The highest BCUT2D eigenvalue weighted by atomic mass is 15.2. The lowest BCUT2D eigenvalue weighted by atomic mass is 9.85. The summed E-state index contributed by atoms with van der Waals surface area (Å²) in [6, 6.07) is 0. The van der Waals surface area contributed by atoms with E-state index in [2.05, 4.69) is 22.2 Å². The molecule has 0 aromatic rings. The molecule has 1 N–H and O–H groups in total. The topological polar surface area (TPSA) is 18.5 Å². The summed E-state index contributed by atoms with van der Waals surface area (Å²) >= 11 is 0. The number of rotatable bonds is 7. The summed E-state index contributed by atoms with van der Waals surface area (Å²) in [7, 11) is 2.29. The molecule has 100 valence electrons. The van der Waals surface area contributed by atoms with Crippen molar-refractivity contribution in [1.82, 2.24) is 15.1 Å². The molecule has 0 aromatic carbocycles. The Bertz CT molecular complexity index is 198. The Labute approximate surface area is 107 Å². The molecule has 17 heavy (non-hydrogen) atoms. The first kappa shape index (κ1) is 13.3. The lowest BCUT2D eigenvalue weighted by Crippen LogP contribution is -2.43. The van der Waals surface area contributed by atoms with Gasteiger partial charge in [-0.1, -0.05) is 6.42 Å². The van der Waals surface area contributed by atoms with Crippen molar-refractivity contribution in [3.63, 3.8) is 0 Å². The monoisotopic (exact) mass is 239 g/mol. The van der Waals surface area contributed by atoms with E-state index in [1.54, 1.807) is 0 Å². The van der Waals surface area contributed by atoms with Crippen molar-refractivity contribution in [2.75, 3.05) is 52.9 Å². The first-order valence-electron chi connectivity index (χ1n) is 7.46. The van der Waals surface area contributed by atoms with Gasteiger partial charge in [0.1, 0.15) is 0 Å². The minimum atomic E-state index is 1.02. The molecule has 2 aliphatic rings. The molecule has 0 atom stereocenters. The molecule has 1 saturated carbocycles. The molecule has 0 amide bonds. The van der Waals surface area contributed by atoms with Gasteiger partial charge in [-0.3, -0.25) is 0 Å². The standard InChI is InChI=1S/C14H29N3/c1-16(13-14-5-4-6-14)9-2-3-10-17-11-7-15-8-12-17/h14-15H,2-13H2,1H3. The molecule has 0 aromatic heterocycles. The van der Waals surface area contributed by atoms with E-state index >= 15 is 0 Å². The molecule has 3 nitrogen and oxygen atoms in total. The van der Waals surface area contributed by atoms with Gasteiger partial charge in [-0.2, -0.15) is 0 Å². The fraction of sp³-hybridized carbons (Fsp3) is 1.00. The molecule has 1 saturated heterocycles. The van der Waals surface area contributed by atoms with E-state index in [1.807, 2.05) is 0 Å². The SMILES string of the molecule is CN(CCCCN1CCNCC1)CC1CCC1. The van der Waals surface area contributed by atoms with Crippen LogP contribution in [0.2, 0.25) is 0 Å². The van der Waals surface area contributed by atoms with Gasteiger partial charge in [0.2, 0.25) is 0 Å². The maximum Gasteiger partial charge on any atom is 0.0107 e. The van der Waals surface area contributed by atoms with Crippen molar-refractivity contribution >= 4 is 0 Å². The van der Waals surface area contributed by atoms with Gasteiger partial charge in [-0.15, -0.1) is 0 Å². The Morgan fingerprint density at radius 2 is 1.94 bits per heavy atom. The van der Waals surface area contributed by atoms with Gasteiger partial charge in [0, 0.05) is 32.7 Å². The average Bonchev–Trinajstić information content (AvgIpc) is 2.31. The minimum absolute atomic E-state index is 1.02. The van der Waals surface area contributed by atoms with Crippen LogP contribution in [-0.4, -0.2) is 62.7 Å². The molecule has 1 aliphatic carbocycles. The smallest absolute Gasteiger partial charge is 0.0107 e. The van der Waals surface area contributed by atoms with Crippen LogP contribution in [0.15, 0.2) is 0 Å². The van der Waals surface area contributed by atoms with Crippen molar-refractivity contribution in [3.8, 4) is 0 Å². The molecular weight excluding hydrogens is 210 g/mol. The summed E-state index contributed by atoms with van der Waals surface area (Å²) < 4.78 is 0. The fourth-order valence-corrected chi connectivity index (χ4v) is 2.86. The quantitative estimate of drug-likeness (QED) is 0.678. The third-order valence-electron chi connectivity index (χ3n) is 4.27. The van der Waals surface area contributed by atoms with Crippen LogP contribution >= 0.6 is 0 Å². The van der Waals surface area contributed by atoms with Crippen LogP contribution in [0.25, 0.3) is 0 Å². The molecule has 1 heterocycles. The number of nitrogens with one attached hydrogen (secondary N) is 1. The Kier molecular flexibility index (Phi) is 5.75. The molecular formula is C14H29N3. The van der Waals surface area contributed by atoms with Gasteiger partial charge >= 0.3 is 0 Å². The van der Waals surface area contributed by atoms with Crippen molar-refractivity contribution in [2.45, 2.75) is 32.1 Å². The predicted molar refractivity (Wildman–Crippen MR) is 73.4 cm³/mol. The Hall–Kier alpha value is -0.120. The lowest BCUT2D eigenvalue weighted by Gasteiger charge is -2.30. The third kappa shape index (κ3) is 4.94. The van der Waals surface area contributed by atoms with Crippen molar-refractivity contribution < 1.29 is 0 Å². The molecule has 0 bridgehead atoms. The van der Waals surface area contributed by atoms with Crippen molar-refractivity contribution in [3.05, 3.63) is 0 Å². The third-order valence-corrected chi connectivity index (χ3v) is 4.27. The maximum absolute atomic E-state index is 3.41. The number of hydrogen-bond acceptors (Lipinski definition) is 3. The van der Waals surface area contributed by atoms with E-state index in [1.165, 1.54) is 77.9 Å². The van der Waals surface area contributed by atoms with E-state index in [0.29, 0.717) is 0 Å². The number of nitrogens with zero attached hydrogens (tertiary/aromatic N) is 2. The van der Waals surface area contributed by atoms with Gasteiger partial charge in [-0.25, -0.2) is 0 Å². The van der Waals surface area contributed by atoms with Crippen LogP contribution in [0.5, 0.6) is 0 Å². The van der Waals surface area contributed by atoms with E-state index in [4.69, 9.17) is 0 Å². The van der Waals surface area contributed by atoms with E-state index in [9.17, 15) is 0 Å².